The van der Waals surface area contributed by atoms with E-state index in [1.165, 1.54) is 4.57 Å². The van der Waals surface area contributed by atoms with Crippen molar-refractivity contribution < 1.29 is 0 Å². The molecule has 3 rings (SSSR count). The van der Waals surface area contributed by atoms with Crippen LogP contribution in [0.4, 0.5) is 0 Å². The van der Waals surface area contributed by atoms with Crippen LogP contribution in [-0.4, -0.2) is 14.1 Å². The Bertz CT molecular complexity index is 886. The SMILES string of the molecule is O=c1nc(Br)n(-c2ccccc2)c(=O)n1-c1ccccc1. The van der Waals surface area contributed by atoms with Crippen molar-refractivity contribution in [1.82, 2.24) is 14.1 Å². The van der Waals surface area contributed by atoms with Crippen molar-refractivity contribution in [2.24, 2.45) is 0 Å². The summed E-state index contributed by atoms with van der Waals surface area (Å²) in [4.78, 5) is 28.6. The van der Waals surface area contributed by atoms with Crippen LogP contribution in [0.5, 0.6) is 0 Å². The molecule has 0 bridgehead atoms. The molecule has 2 aromatic carbocycles. The fraction of sp³-hybridized carbons (Fsp3) is 0. The minimum atomic E-state index is -0.620. The highest BCUT2D eigenvalue weighted by atomic mass is 79.9. The normalized spacial score (nSPS) is 10.5. The third-order valence-corrected chi connectivity index (χ3v) is 3.51. The van der Waals surface area contributed by atoms with E-state index in [0.717, 1.165) is 4.57 Å². The summed E-state index contributed by atoms with van der Waals surface area (Å²) in [5.41, 5.74) is 0.0215. The summed E-state index contributed by atoms with van der Waals surface area (Å²) < 4.78 is 2.56. The van der Waals surface area contributed by atoms with E-state index < -0.39 is 11.4 Å². The van der Waals surface area contributed by atoms with Crippen LogP contribution in [0, 0.1) is 0 Å². The molecule has 0 saturated heterocycles. The first-order chi connectivity index (χ1) is 10.2. The van der Waals surface area contributed by atoms with Crippen LogP contribution in [0.3, 0.4) is 0 Å². The molecule has 0 aliphatic rings. The molecule has 0 amide bonds. The third kappa shape index (κ3) is 2.45. The molecule has 0 spiro atoms. The molecule has 0 atom stereocenters. The smallest absolute Gasteiger partial charge is 0.247 e. The van der Waals surface area contributed by atoms with E-state index in [-0.39, 0.29) is 4.73 Å². The summed E-state index contributed by atoms with van der Waals surface area (Å²) in [6.07, 6.45) is 0. The van der Waals surface area contributed by atoms with Gasteiger partial charge in [-0.1, -0.05) is 36.4 Å². The quantitative estimate of drug-likeness (QED) is 0.716. The Morgan fingerprint density at radius 2 is 1.24 bits per heavy atom. The summed E-state index contributed by atoms with van der Waals surface area (Å²) >= 11 is 3.18. The molecule has 0 aliphatic heterocycles. The topological polar surface area (TPSA) is 56.9 Å². The lowest BCUT2D eigenvalue weighted by Gasteiger charge is -2.11. The second-order valence-corrected chi connectivity index (χ2v) is 5.00. The zero-order valence-electron chi connectivity index (χ0n) is 10.8. The molecule has 0 N–H and O–H groups in total. The van der Waals surface area contributed by atoms with Gasteiger partial charge in [0.25, 0.3) is 0 Å². The van der Waals surface area contributed by atoms with Gasteiger partial charge in [0.1, 0.15) is 0 Å². The van der Waals surface area contributed by atoms with Gasteiger partial charge in [-0.05, 0) is 40.2 Å². The zero-order chi connectivity index (χ0) is 14.8. The van der Waals surface area contributed by atoms with Crippen molar-refractivity contribution in [3.63, 3.8) is 0 Å². The van der Waals surface area contributed by atoms with Gasteiger partial charge >= 0.3 is 11.4 Å². The van der Waals surface area contributed by atoms with E-state index in [0.29, 0.717) is 11.4 Å². The maximum absolute atomic E-state index is 12.7. The van der Waals surface area contributed by atoms with Crippen LogP contribution >= 0.6 is 15.9 Å². The van der Waals surface area contributed by atoms with E-state index in [1.807, 2.05) is 24.3 Å². The van der Waals surface area contributed by atoms with Gasteiger partial charge in [0.05, 0.1) is 11.4 Å². The van der Waals surface area contributed by atoms with Crippen LogP contribution < -0.4 is 11.4 Å². The average molecular weight is 344 g/mol. The maximum atomic E-state index is 12.7. The highest BCUT2D eigenvalue weighted by Gasteiger charge is 2.13. The van der Waals surface area contributed by atoms with Gasteiger partial charge in [-0.15, -0.1) is 0 Å². The first kappa shape index (κ1) is 13.5. The molecule has 0 saturated carbocycles. The standard InChI is InChI=1S/C15H10BrN3O2/c16-13-17-14(20)19(12-9-5-2-6-10-12)15(21)18(13)11-7-3-1-4-8-11/h1-10H. The summed E-state index contributed by atoms with van der Waals surface area (Å²) in [5.74, 6) is 0. The lowest BCUT2D eigenvalue weighted by molar-refractivity contribution is 0.726. The minimum Gasteiger partial charge on any atom is -0.247 e. The minimum absolute atomic E-state index is 0.177. The number of hydrogen-bond donors (Lipinski definition) is 0. The average Bonchev–Trinajstić information content (AvgIpc) is 2.49. The van der Waals surface area contributed by atoms with Crippen LogP contribution in [0.1, 0.15) is 0 Å². The Labute approximate surface area is 128 Å². The van der Waals surface area contributed by atoms with Gasteiger partial charge in [-0.3, -0.25) is 0 Å². The summed E-state index contributed by atoms with van der Waals surface area (Å²) in [6, 6.07) is 17.7. The predicted molar refractivity (Wildman–Crippen MR) is 83.1 cm³/mol. The number of nitrogens with zero attached hydrogens (tertiary/aromatic N) is 3. The van der Waals surface area contributed by atoms with Crippen LogP contribution in [0.2, 0.25) is 0 Å². The van der Waals surface area contributed by atoms with Crippen LogP contribution in [-0.2, 0) is 0 Å². The monoisotopic (exact) mass is 343 g/mol. The molecule has 3 aromatic rings. The molecule has 0 radical (unpaired) electrons. The Kier molecular flexibility index (Phi) is 3.53. The second kappa shape index (κ2) is 5.49. The van der Waals surface area contributed by atoms with Gasteiger partial charge in [-0.2, -0.15) is 4.98 Å². The number of hydrogen-bond acceptors (Lipinski definition) is 3. The van der Waals surface area contributed by atoms with Gasteiger partial charge < -0.3 is 0 Å². The molecule has 5 nitrogen and oxygen atoms in total. The lowest BCUT2D eigenvalue weighted by Crippen LogP contribution is -2.40. The molecular formula is C15H10BrN3O2. The second-order valence-electron chi connectivity index (χ2n) is 4.29. The molecule has 0 aliphatic carbocycles. The Morgan fingerprint density at radius 3 is 1.76 bits per heavy atom. The van der Waals surface area contributed by atoms with Crippen LogP contribution in [0.15, 0.2) is 75.0 Å². The van der Waals surface area contributed by atoms with E-state index in [9.17, 15) is 9.59 Å². The molecule has 1 aromatic heterocycles. The van der Waals surface area contributed by atoms with Crippen LogP contribution in [0.25, 0.3) is 11.4 Å². The predicted octanol–water partition coefficient (Wildman–Crippen LogP) is 2.15. The van der Waals surface area contributed by atoms with Gasteiger partial charge in [0.2, 0.25) is 0 Å². The lowest BCUT2D eigenvalue weighted by atomic mass is 10.3. The Balaban J connectivity index is 2.35. The van der Waals surface area contributed by atoms with Crippen molar-refractivity contribution in [1.29, 1.82) is 0 Å². The number of aromatic nitrogens is 3. The number of rotatable bonds is 2. The molecule has 21 heavy (non-hydrogen) atoms. The van der Waals surface area contributed by atoms with E-state index in [2.05, 4.69) is 20.9 Å². The van der Waals surface area contributed by atoms with Crippen molar-refractivity contribution in [2.45, 2.75) is 0 Å². The summed E-state index contributed by atoms with van der Waals surface area (Å²) in [6.45, 7) is 0. The largest absolute Gasteiger partial charge is 0.358 e. The van der Waals surface area contributed by atoms with Gasteiger partial charge in [-0.25, -0.2) is 18.7 Å². The third-order valence-electron chi connectivity index (χ3n) is 2.98. The molecule has 0 fully saturated rings. The fourth-order valence-corrected chi connectivity index (χ4v) is 2.54. The van der Waals surface area contributed by atoms with Crippen molar-refractivity contribution in [2.75, 3.05) is 0 Å². The Hall–Kier alpha value is -2.47. The number of benzene rings is 2. The molecule has 6 heteroatoms. The van der Waals surface area contributed by atoms with E-state index in [1.54, 1.807) is 36.4 Å². The molecule has 104 valence electrons. The van der Waals surface area contributed by atoms with E-state index in [4.69, 9.17) is 0 Å². The van der Waals surface area contributed by atoms with Crippen molar-refractivity contribution in [3.8, 4) is 11.4 Å². The number of para-hydroxylation sites is 2. The van der Waals surface area contributed by atoms with Crippen molar-refractivity contribution in [3.05, 3.63) is 86.4 Å². The number of halogens is 1. The fourth-order valence-electron chi connectivity index (χ4n) is 2.03. The molecular weight excluding hydrogens is 334 g/mol. The summed E-state index contributed by atoms with van der Waals surface area (Å²) in [5, 5.41) is 0. The molecule has 0 unspecified atom stereocenters. The summed E-state index contributed by atoms with van der Waals surface area (Å²) in [7, 11) is 0. The first-order valence-corrected chi connectivity index (χ1v) is 7.00. The van der Waals surface area contributed by atoms with Gasteiger partial charge in [0, 0.05) is 0 Å². The molecule has 1 heterocycles. The zero-order valence-corrected chi connectivity index (χ0v) is 12.4. The maximum Gasteiger partial charge on any atom is 0.358 e. The Morgan fingerprint density at radius 1 is 0.762 bits per heavy atom. The van der Waals surface area contributed by atoms with E-state index >= 15 is 0 Å². The first-order valence-electron chi connectivity index (χ1n) is 6.21. The van der Waals surface area contributed by atoms with Gasteiger partial charge in [0.15, 0.2) is 4.73 Å². The highest BCUT2D eigenvalue weighted by molar-refractivity contribution is 9.10. The van der Waals surface area contributed by atoms with Crippen molar-refractivity contribution >= 4 is 15.9 Å². The highest BCUT2D eigenvalue weighted by Crippen LogP contribution is 2.11.